The highest BCUT2D eigenvalue weighted by molar-refractivity contribution is 7.92. The smallest absolute Gasteiger partial charge is 0.206 e. The van der Waals surface area contributed by atoms with Crippen LogP contribution in [0.5, 0.6) is 0 Å². The molecule has 130 valence electrons. The van der Waals surface area contributed by atoms with E-state index in [1.807, 2.05) is 13.8 Å². The van der Waals surface area contributed by atoms with E-state index < -0.39 is 20.0 Å². The fourth-order valence-corrected chi connectivity index (χ4v) is 4.73. The SMILES string of the molecule is Cc1ccc(S(=O)(=O)N(C)N(C)S(=O)(=O)c2ccc(C)cc2)cc1. The highest BCUT2D eigenvalue weighted by atomic mass is 32.2. The zero-order valence-corrected chi connectivity index (χ0v) is 15.6. The molecule has 8 heteroatoms. The van der Waals surface area contributed by atoms with Crippen molar-refractivity contribution in [2.45, 2.75) is 23.6 Å². The van der Waals surface area contributed by atoms with Gasteiger partial charge in [0.1, 0.15) is 0 Å². The number of benzene rings is 2. The van der Waals surface area contributed by atoms with E-state index in [1.165, 1.54) is 38.4 Å². The van der Waals surface area contributed by atoms with Gasteiger partial charge < -0.3 is 0 Å². The summed E-state index contributed by atoms with van der Waals surface area (Å²) >= 11 is 0. The number of hydrogen-bond acceptors (Lipinski definition) is 4. The number of hydrogen-bond donors (Lipinski definition) is 0. The van der Waals surface area contributed by atoms with Gasteiger partial charge >= 0.3 is 0 Å². The minimum Gasteiger partial charge on any atom is -0.206 e. The Balaban J connectivity index is 2.39. The molecular formula is C16H20N2O4S2. The van der Waals surface area contributed by atoms with Crippen molar-refractivity contribution in [2.75, 3.05) is 14.1 Å². The molecule has 24 heavy (non-hydrogen) atoms. The van der Waals surface area contributed by atoms with E-state index in [2.05, 4.69) is 0 Å². The third kappa shape index (κ3) is 3.51. The average molecular weight is 368 g/mol. The van der Waals surface area contributed by atoms with Gasteiger partial charge in [-0.3, -0.25) is 0 Å². The van der Waals surface area contributed by atoms with Crippen LogP contribution in [-0.4, -0.2) is 39.8 Å². The lowest BCUT2D eigenvalue weighted by atomic mass is 10.2. The Bertz CT molecular complexity index is 840. The van der Waals surface area contributed by atoms with Crippen LogP contribution in [0.1, 0.15) is 11.1 Å². The van der Waals surface area contributed by atoms with Crippen molar-refractivity contribution in [1.82, 2.24) is 8.83 Å². The first-order valence-corrected chi connectivity index (χ1v) is 10.1. The molecule has 0 aromatic heterocycles. The summed E-state index contributed by atoms with van der Waals surface area (Å²) in [6, 6.07) is 12.5. The van der Waals surface area contributed by atoms with E-state index in [9.17, 15) is 16.8 Å². The van der Waals surface area contributed by atoms with Crippen LogP contribution < -0.4 is 0 Å². The normalized spacial score (nSPS) is 12.8. The molecule has 0 N–H and O–H groups in total. The molecule has 0 heterocycles. The number of aryl methyl sites for hydroxylation is 2. The first-order chi connectivity index (χ1) is 11.1. The standard InChI is InChI=1S/C16H20N2O4S2/c1-13-5-9-15(10-6-13)23(19,20)17(3)18(4)24(21,22)16-11-7-14(2)8-12-16/h5-12H,1-4H3. The third-order valence-electron chi connectivity index (χ3n) is 3.73. The van der Waals surface area contributed by atoms with Crippen LogP contribution in [0.25, 0.3) is 0 Å². The highest BCUT2D eigenvalue weighted by Crippen LogP contribution is 2.21. The molecule has 6 nitrogen and oxygen atoms in total. The molecule has 0 aliphatic heterocycles. The van der Waals surface area contributed by atoms with Crippen LogP contribution >= 0.6 is 0 Å². The lowest BCUT2D eigenvalue weighted by molar-refractivity contribution is 0.234. The van der Waals surface area contributed by atoms with Gasteiger partial charge in [-0.2, -0.15) is 0 Å². The van der Waals surface area contributed by atoms with Crippen molar-refractivity contribution >= 4 is 20.0 Å². The van der Waals surface area contributed by atoms with Crippen LogP contribution in [0.3, 0.4) is 0 Å². The Morgan fingerprint density at radius 1 is 0.583 bits per heavy atom. The molecule has 0 aliphatic rings. The molecule has 0 saturated carbocycles. The highest BCUT2D eigenvalue weighted by Gasteiger charge is 2.32. The number of hydrazine groups is 1. The van der Waals surface area contributed by atoms with Gasteiger partial charge in [-0.05, 0) is 38.1 Å². The molecule has 0 unspecified atom stereocenters. The first-order valence-electron chi connectivity index (χ1n) is 7.18. The summed E-state index contributed by atoms with van der Waals surface area (Å²) in [5.41, 5.74) is 1.83. The number of nitrogens with zero attached hydrogens (tertiary/aromatic N) is 2. The largest absolute Gasteiger partial charge is 0.256 e. The Labute approximate surface area is 143 Å². The maximum Gasteiger partial charge on any atom is 0.256 e. The van der Waals surface area contributed by atoms with Crippen molar-refractivity contribution in [3.63, 3.8) is 0 Å². The first kappa shape index (κ1) is 18.6. The van der Waals surface area contributed by atoms with Crippen LogP contribution in [-0.2, 0) is 20.0 Å². The van der Waals surface area contributed by atoms with Gasteiger partial charge in [0.2, 0.25) is 0 Å². The minimum absolute atomic E-state index is 0.0292. The fourth-order valence-electron chi connectivity index (χ4n) is 2.03. The van der Waals surface area contributed by atoms with E-state index in [0.29, 0.717) is 0 Å². The summed E-state index contributed by atoms with van der Waals surface area (Å²) in [4.78, 5) is 0.0584. The summed E-state index contributed by atoms with van der Waals surface area (Å²) in [7, 11) is -5.53. The zero-order chi connectivity index (χ0) is 18.1. The quantitative estimate of drug-likeness (QED) is 0.758. The van der Waals surface area contributed by atoms with E-state index in [0.717, 1.165) is 20.0 Å². The van der Waals surface area contributed by atoms with E-state index in [-0.39, 0.29) is 9.79 Å². The maximum atomic E-state index is 12.6. The zero-order valence-electron chi connectivity index (χ0n) is 14.0. The molecular weight excluding hydrogens is 348 g/mol. The Morgan fingerprint density at radius 2 is 0.833 bits per heavy atom. The molecule has 0 bridgehead atoms. The van der Waals surface area contributed by atoms with Gasteiger partial charge in [0, 0.05) is 14.1 Å². The lowest BCUT2D eigenvalue weighted by Gasteiger charge is -2.27. The molecule has 0 atom stereocenters. The van der Waals surface area contributed by atoms with Gasteiger partial charge in [0.15, 0.2) is 0 Å². The van der Waals surface area contributed by atoms with Crippen LogP contribution in [0, 0.1) is 13.8 Å². The number of sulfonamides is 2. The summed E-state index contributed by atoms with van der Waals surface area (Å²) in [6.07, 6.45) is 0. The van der Waals surface area contributed by atoms with E-state index in [1.54, 1.807) is 24.3 Å². The Kier molecular flexibility index (Phi) is 5.14. The van der Waals surface area contributed by atoms with Crippen molar-refractivity contribution in [1.29, 1.82) is 0 Å². The molecule has 0 aliphatic carbocycles. The second-order valence-corrected chi connectivity index (χ2v) is 9.40. The maximum absolute atomic E-state index is 12.6. The predicted molar refractivity (Wildman–Crippen MR) is 92.3 cm³/mol. The number of rotatable bonds is 5. The van der Waals surface area contributed by atoms with Gasteiger partial charge in [0.05, 0.1) is 9.79 Å². The second-order valence-electron chi connectivity index (χ2n) is 5.50. The monoisotopic (exact) mass is 368 g/mol. The fraction of sp³-hybridized carbons (Fsp3) is 0.250. The topological polar surface area (TPSA) is 74.8 Å². The summed E-state index contributed by atoms with van der Waals surface area (Å²) in [5, 5.41) is 0. The van der Waals surface area contributed by atoms with Crippen LogP contribution in [0.2, 0.25) is 0 Å². The molecule has 0 amide bonds. The van der Waals surface area contributed by atoms with Gasteiger partial charge in [-0.15, -0.1) is 8.83 Å². The van der Waals surface area contributed by atoms with E-state index >= 15 is 0 Å². The van der Waals surface area contributed by atoms with Gasteiger partial charge in [0.25, 0.3) is 20.0 Å². The predicted octanol–water partition coefficient (Wildman–Crippen LogP) is 2.16. The average Bonchev–Trinajstić information content (AvgIpc) is 2.54. The molecule has 0 fully saturated rings. The van der Waals surface area contributed by atoms with Crippen molar-refractivity contribution in [2.24, 2.45) is 0 Å². The van der Waals surface area contributed by atoms with Crippen LogP contribution in [0.4, 0.5) is 0 Å². The van der Waals surface area contributed by atoms with E-state index in [4.69, 9.17) is 0 Å². The molecule has 2 aromatic carbocycles. The van der Waals surface area contributed by atoms with Crippen molar-refractivity contribution < 1.29 is 16.8 Å². The van der Waals surface area contributed by atoms with Gasteiger partial charge in [-0.1, -0.05) is 35.4 Å². The third-order valence-corrected chi connectivity index (χ3v) is 7.45. The Morgan fingerprint density at radius 3 is 1.08 bits per heavy atom. The van der Waals surface area contributed by atoms with Gasteiger partial charge in [-0.25, -0.2) is 16.8 Å². The van der Waals surface area contributed by atoms with Crippen LogP contribution in [0.15, 0.2) is 58.3 Å². The molecule has 0 radical (unpaired) electrons. The molecule has 2 rings (SSSR count). The summed E-state index contributed by atoms with van der Waals surface area (Å²) in [5.74, 6) is 0. The Hall–Kier alpha value is -1.74. The van der Waals surface area contributed by atoms with Crippen molar-refractivity contribution in [3.05, 3.63) is 59.7 Å². The summed E-state index contributed by atoms with van der Waals surface area (Å²) in [6.45, 7) is 3.68. The lowest BCUT2D eigenvalue weighted by Crippen LogP contribution is -2.44. The minimum atomic E-state index is -3.97. The summed E-state index contributed by atoms with van der Waals surface area (Å²) < 4.78 is 52.0. The van der Waals surface area contributed by atoms with Crippen molar-refractivity contribution in [3.8, 4) is 0 Å². The molecule has 0 spiro atoms. The molecule has 2 aromatic rings. The molecule has 0 saturated heterocycles. The second kappa shape index (κ2) is 6.64.